The molecule has 6 heteroatoms. The molecule has 2 rings (SSSR count). The van der Waals surface area contributed by atoms with Gasteiger partial charge in [0.15, 0.2) is 0 Å². The highest BCUT2D eigenvalue weighted by molar-refractivity contribution is 5.77. The lowest BCUT2D eigenvalue weighted by Gasteiger charge is -2.33. The largest absolute Gasteiger partial charge is 0.481 e. The van der Waals surface area contributed by atoms with Crippen LogP contribution in [-0.4, -0.2) is 59.1 Å². The van der Waals surface area contributed by atoms with Crippen LogP contribution in [0, 0.1) is 5.92 Å². The molecule has 2 heterocycles. The number of nitrogens with zero attached hydrogens (tertiary/aromatic N) is 2. The van der Waals surface area contributed by atoms with Gasteiger partial charge in [-0.3, -0.25) is 4.79 Å². The van der Waals surface area contributed by atoms with Crippen molar-refractivity contribution in [2.24, 2.45) is 11.7 Å². The lowest BCUT2D eigenvalue weighted by molar-refractivity contribution is -0.141. The van der Waals surface area contributed by atoms with E-state index in [1.807, 2.05) is 0 Å². The number of urea groups is 1. The summed E-state index contributed by atoms with van der Waals surface area (Å²) in [5.74, 6) is -1.20. The molecule has 0 spiro atoms. The molecule has 0 saturated carbocycles. The van der Waals surface area contributed by atoms with E-state index in [1.54, 1.807) is 9.80 Å². The molecule has 0 aromatic carbocycles. The van der Waals surface area contributed by atoms with E-state index in [1.165, 1.54) is 0 Å². The number of carboxylic acid groups (broad SMARTS) is 1. The van der Waals surface area contributed by atoms with Crippen molar-refractivity contribution in [1.82, 2.24) is 9.80 Å². The fraction of sp³-hybridized carbons (Fsp3) is 0.818. The number of carbonyl (C=O) groups is 2. The van der Waals surface area contributed by atoms with E-state index in [2.05, 4.69) is 0 Å². The fourth-order valence-electron chi connectivity index (χ4n) is 2.43. The van der Waals surface area contributed by atoms with Crippen molar-refractivity contribution in [2.45, 2.75) is 25.3 Å². The average Bonchev–Trinajstić information content (AvgIpc) is 2.78. The number of likely N-dealkylation sites (tertiary alicyclic amines) is 2. The number of carbonyl (C=O) groups excluding carboxylic acids is 1. The molecule has 96 valence electrons. The third kappa shape index (κ3) is 2.69. The average molecular weight is 241 g/mol. The van der Waals surface area contributed by atoms with E-state index >= 15 is 0 Å². The summed E-state index contributed by atoms with van der Waals surface area (Å²) in [4.78, 5) is 26.3. The van der Waals surface area contributed by atoms with Gasteiger partial charge in [0.1, 0.15) is 0 Å². The topological polar surface area (TPSA) is 86.9 Å². The van der Waals surface area contributed by atoms with Gasteiger partial charge in [0.05, 0.1) is 5.92 Å². The Morgan fingerprint density at radius 3 is 2.18 bits per heavy atom. The van der Waals surface area contributed by atoms with Gasteiger partial charge in [-0.15, -0.1) is 0 Å². The zero-order valence-electron chi connectivity index (χ0n) is 9.84. The van der Waals surface area contributed by atoms with Crippen LogP contribution >= 0.6 is 0 Å². The first-order valence-electron chi connectivity index (χ1n) is 6.10. The second kappa shape index (κ2) is 4.91. The molecule has 1 unspecified atom stereocenters. The van der Waals surface area contributed by atoms with Crippen LogP contribution in [-0.2, 0) is 4.79 Å². The Kier molecular flexibility index (Phi) is 3.51. The van der Waals surface area contributed by atoms with Crippen molar-refractivity contribution < 1.29 is 14.7 Å². The van der Waals surface area contributed by atoms with Crippen LogP contribution in [0.25, 0.3) is 0 Å². The molecule has 3 N–H and O–H groups in total. The third-order valence-electron chi connectivity index (χ3n) is 3.62. The quantitative estimate of drug-likeness (QED) is 0.673. The van der Waals surface area contributed by atoms with Crippen LogP contribution in [0.4, 0.5) is 4.79 Å². The number of hydrogen-bond acceptors (Lipinski definition) is 3. The molecular formula is C11H19N3O3. The Morgan fingerprint density at radius 1 is 1.06 bits per heavy atom. The van der Waals surface area contributed by atoms with E-state index in [4.69, 9.17) is 10.8 Å². The highest BCUT2D eigenvalue weighted by Gasteiger charge is 2.33. The van der Waals surface area contributed by atoms with E-state index in [-0.39, 0.29) is 12.1 Å². The minimum absolute atomic E-state index is 0.0272. The van der Waals surface area contributed by atoms with Crippen LogP contribution in [0.3, 0.4) is 0 Å². The van der Waals surface area contributed by atoms with E-state index < -0.39 is 11.9 Å². The SMILES string of the molecule is NC1CCN(C(=O)N2CCC(C(=O)O)C2)CC1. The zero-order valence-corrected chi connectivity index (χ0v) is 9.84. The first-order chi connectivity index (χ1) is 8.08. The predicted molar refractivity (Wildman–Crippen MR) is 61.5 cm³/mol. The minimum Gasteiger partial charge on any atom is -0.481 e. The van der Waals surface area contributed by atoms with Crippen molar-refractivity contribution >= 4 is 12.0 Å². The summed E-state index contributed by atoms with van der Waals surface area (Å²) in [5.41, 5.74) is 5.78. The van der Waals surface area contributed by atoms with Crippen molar-refractivity contribution in [1.29, 1.82) is 0 Å². The maximum absolute atomic E-state index is 12.1. The Labute approximate surface area is 100 Å². The first kappa shape index (κ1) is 12.2. The van der Waals surface area contributed by atoms with Crippen LogP contribution in [0.5, 0.6) is 0 Å². The molecule has 2 saturated heterocycles. The molecule has 2 fully saturated rings. The number of piperidine rings is 1. The minimum atomic E-state index is -0.805. The van der Waals surface area contributed by atoms with Crippen LogP contribution in [0.15, 0.2) is 0 Å². The lowest BCUT2D eigenvalue weighted by atomic mass is 10.1. The van der Waals surface area contributed by atoms with Gasteiger partial charge in [-0.2, -0.15) is 0 Å². The van der Waals surface area contributed by atoms with Gasteiger partial charge in [0.25, 0.3) is 0 Å². The zero-order chi connectivity index (χ0) is 12.4. The Morgan fingerprint density at radius 2 is 1.65 bits per heavy atom. The Bertz CT molecular complexity index is 313. The number of amides is 2. The Hall–Kier alpha value is -1.30. The Balaban J connectivity index is 1.86. The molecule has 0 radical (unpaired) electrons. The molecule has 1 atom stereocenters. The second-order valence-corrected chi connectivity index (χ2v) is 4.88. The van der Waals surface area contributed by atoms with Crippen molar-refractivity contribution in [3.63, 3.8) is 0 Å². The first-order valence-corrected chi connectivity index (χ1v) is 6.10. The van der Waals surface area contributed by atoms with Gasteiger partial charge in [-0.05, 0) is 19.3 Å². The summed E-state index contributed by atoms with van der Waals surface area (Å²) < 4.78 is 0. The van der Waals surface area contributed by atoms with E-state index in [9.17, 15) is 9.59 Å². The van der Waals surface area contributed by atoms with Crippen LogP contribution in [0.1, 0.15) is 19.3 Å². The van der Waals surface area contributed by atoms with Gasteiger partial charge in [-0.1, -0.05) is 0 Å². The van der Waals surface area contributed by atoms with E-state index in [0.29, 0.717) is 32.6 Å². The molecule has 0 aromatic rings. The second-order valence-electron chi connectivity index (χ2n) is 4.88. The van der Waals surface area contributed by atoms with Gasteiger partial charge < -0.3 is 20.6 Å². The summed E-state index contributed by atoms with van der Waals surface area (Å²) in [6.07, 6.45) is 2.23. The number of carboxylic acids is 1. The molecule has 0 aliphatic carbocycles. The van der Waals surface area contributed by atoms with Crippen molar-refractivity contribution in [3.05, 3.63) is 0 Å². The monoisotopic (exact) mass is 241 g/mol. The predicted octanol–water partition coefficient (Wildman–Crippen LogP) is -0.0640. The van der Waals surface area contributed by atoms with Crippen molar-refractivity contribution in [3.8, 4) is 0 Å². The lowest BCUT2D eigenvalue weighted by Crippen LogP contribution is -2.48. The highest BCUT2D eigenvalue weighted by atomic mass is 16.4. The molecule has 2 amide bonds. The van der Waals surface area contributed by atoms with E-state index in [0.717, 1.165) is 12.8 Å². The normalized spacial score (nSPS) is 26.3. The van der Waals surface area contributed by atoms with Gasteiger partial charge >= 0.3 is 12.0 Å². The van der Waals surface area contributed by atoms with Gasteiger partial charge in [0, 0.05) is 32.2 Å². The smallest absolute Gasteiger partial charge is 0.320 e. The summed E-state index contributed by atoms with van der Waals surface area (Å²) in [6.45, 7) is 2.28. The molecule has 2 aliphatic heterocycles. The van der Waals surface area contributed by atoms with Crippen molar-refractivity contribution in [2.75, 3.05) is 26.2 Å². The van der Waals surface area contributed by atoms with Crippen LogP contribution < -0.4 is 5.73 Å². The maximum Gasteiger partial charge on any atom is 0.320 e. The maximum atomic E-state index is 12.1. The standard InChI is InChI=1S/C11H19N3O3/c12-9-2-5-13(6-3-9)11(17)14-4-1-8(7-14)10(15)16/h8-9H,1-7,12H2,(H,15,16). The summed E-state index contributed by atoms with van der Waals surface area (Å²) in [7, 11) is 0. The third-order valence-corrected chi connectivity index (χ3v) is 3.62. The van der Waals surface area contributed by atoms with Gasteiger partial charge in [0.2, 0.25) is 0 Å². The molecule has 2 aliphatic rings. The number of aliphatic carboxylic acids is 1. The summed E-state index contributed by atoms with van der Waals surface area (Å²) in [5, 5.41) is 8.89. The van der Waals surface area contributed by atoms with Crippen LogP contribution in [0.2, 0.25) is 0 Å². The molecular weight excluding hydrogens is 222 g/mol. The van der Waals surface area contributed by atoms with Gasteiger partial charge in [-0.25, -0.2) is 4.79 Å². The summed E-state index contributed by atoms with van der Waals surface area (Å²) >= 11 is 0. The number of hydrogen-bond donors (Lipinski definition) is 2. The fourth-order valence-corrected chi connectivity index (χ4v) is 2.43. The molecule has 17 heavy (non-hydrogen) atoms. The highest BCUT2D eigenvalue weighted by Crippen LogP contribution is 2.19. The molecule has 0 aromatic heterocycles. The summed E-state index contributed by atoms with van der Waals surface area (Å²) in [6, 6.07) is 0.171. The molecule has 0 bridgehead atoms. The number of rotatable bonds is 1. The molecule has 6 nitrogen and oxygen atoms in total. The number of nitrogens with two attached hydrogens (primary N) is 1.